The van der Waals surface area contributed by atoms with Gasteiger partial charge in [0.15, 0.2) is 0 Å². The number of methoxy groups -OCH3 is 1. The summed E-state index contributed by atoms with van der Waals surface area (Å²) in [6, 6.07) is -0.890. The fraction of sp³-hybridized carbons (Fsp3) is 0.812. The van der Waals surface area contributed by atoms with E-state index in [2.05, 4.69) is 10.6 Å². The minimum Gasteiger partial charge on any atom is -0.467 e. The van der Waals surface area contributed by atoms with Crippen LogP contribution in [-0.4, -0.2) is 42.3 Å². The van der Waals surface area contributed by atoms with E-state index in [0.717, 1.165) is 25.7 Å². The van der Waals surface area contributed by atoms with Crippen LogP contribution in [0.4, 0.5) is 4.79 Å². The highest BCUT2D eigenvalue weighted by Crippen LogP contribution is 2.44. The number of amides is 2. The van der Waals surface area contributed by atoms with Crippen LogP contribution in [0.1, 0.15) is 52.9 Å². The third-order valence-corrected chi connectivity index (χ3v) is 4.28. The largest absolute Gasteiger partial charge is 0.467 e. The number of hydrogen-bond donors (Lipinski definition) is 2. The Balaban J connectivity index is 1.94. The second-order valence-electron chi connectivity index (χ2n) is 7.46. The molecule has 0 bridgehead atoms. The van der Waals surface area contributed by atoms with Gasteiger partial charge in [0, 0.05) is 11.5 Å². The van der Waals surface area contributed by atoms with Crippen molar-refractivity contribution in [2.45, 2.75) is 70.1 Å². The van der Waals surface area contributed by atoms with Gasteiger partial charge in [-0.1, -0.05) is 0 Å². The van der Waals surface area contributed by atoms with Crippen molar-refractivity contribution < 1.29 is 23.9 Å². The number of alkyl carbamates (subject to hydrolysis) is 1. The van der Waals surface area contributed by atoms with Crippen LogP contribution in [0.2, 0.25) is 0 Å². The molecule has 1 saturated heterocycles. The first-order valence-corrected chi connectivity index (χ1v) is 8.03. The van der Waals surface area contributed by atoms with Crippen molar-refractivity contribution in [3.8, 4) is 0 Å². The van der Waals surface area contributed by atoms with E-state index in [4.69, 9.17) is 9.47 Å². The molecule has 1 aliphatic carbocycles. The van der Waals surface area contributed by atoms with Crippen LogP contribution in [0.5, 0.6) is 0 Å². The molecule has 130 valence electrons. The van der Waals surface area contributed by atoms with Gasteiger partial charge in [-0.3, -0.25) is 4.79 Å². The smallest absolute Gasteiger partial charge is 0.408 e. The zero-order valence-corrected chi connectivity index (χ0v) is 14.2. The van der Waals surface area contributed by atoms with Gasteiger partial charge in [-0.25, -0.2) is 9.59 Å². The third kappa shape index (κ3) is 4.84. The number of ether oxygens (including phenoxy) is 2. The Morgan fingerprint density at radius 2 is 2.00 bits per heavy atom. The molecule has 1 spiro atoms. The summed E-state index contributed by atoms with van der Waals surface area (Å²) in [5, 5.41) is 5.55. The molecule has 23 heavy (non-hydrogen) atoms. The standard InChI is InChI=1S/C16H26N2O5/c1-15(2,3)23-14(21)17-11(13(20)22-4)9-10-5-6-16(7-8-16)18-12(10)19/h10-11H,5-9H2,1-4H3,(H,17,21)(H,18,19)/t10?,11-/m0/s1. The first-order chi connectivity index (χ1) is 10.6. The van der Waals surface area contributed by atoms with Crippen molar-refractivity contribution in [2.75, 3.05) is 7.11 Å². The second-order valence-corrected chi connectivity index (χ2v) is 7.46. The molecule has 1 heterocycles. The molecule has 0 aromatic carbocycles. The zero-order chi connectivity index (χ0) is 17.3. The fourth-order valence-electron chi connectivity index (χ4n) is 2.85. The highest BCUT2D eigenvalue weighted by Gasteiger charge is 2.48. The molecule has 1 saturated carbocycles. The molecule has 2 N–H and O–H groups in total. The maximum atomic E-state index is 12.2. The van der Waals surface area contributed by atoms with E-state index in [0.29, 0.717) is 0 Å². The molecule has 2 amide bonds. The van der Waals surface area contributed by atoms with Crippen LogP contribution >= 0.6 is 0 Å². The number of esters is 1. The van der Waals surface area contributed by atoms with E-state index in [-0.39, 0.29) is 23.8 Å². The zero-order valence-electron chi connectivity index (χ0n) is 14.2. The number of nitrogens with one attached hydrogen (secondary N) is 2. The van der Waals surface area contributed by atoms with E-state index in [9.17, 15) is 14.4 Å². The minimum atomic E-state index is -0.890. The van der Waals surface area contributed by atoms with Crippen LogP contribution in [0, 0.1) is 5.92 Å². The third-order valence-electron chi connectivity index (χ3n) is 4.28. The predicted molar refractivity (Wildman–Crippen MR) is 82.6 cm³/mol. The maximum Gasteiger partial charge on any atom is 0.408 e. The van der Waals surface area contributed by atoms with Crippen LogP contribution in [0.25, 0.3) is 0 Å². The Morgan fingerprint density at radius 3 is 2.48 bits per heavy atom. The van der Waals surface area contributed by atoms with E-state index < -0.39 is 23.7 Å². The molecular formula is C16H26N2O5. The number of rotatable bonds is 4. The minimum absolute atomic E-state index is 0.00688. The van der Waals surface area contributed by atoms with E-state index in [1.165, 1.54) is 7.11 Å². The van der Waals surface area contributed by atoms with Gasteiger partial charge in [0.05, 0.1) is 7.11 Å². The number of piperidine rings is 1. The summed E-state index contributed by atoms with van der Waals surface area (Å²) >= 11 is 0. The van der Waals surface area contributed by atoms with Crippen molar-refractivity contribution in [3.63, 3.8) is 0 Å². The van der Waals surface area contributed by atoms with Crippen molar-refractivity contribution in [1.82, 2.24) is 10.6 Å². The lowest BCUT2D eigenvalue weighted by Crippen LogP contribution is -2.50. The summed E-state index contributed by atoms with van der Waals surface area (Å²) < 4.78 is 9.90. The van der Waals surface area contributed by atoms with E-state index in [1.807, 2.05) is 0 Å². The van der Waals surface area contributed by atoms with E-state index >= 15 is 0 Å². The molecule has 0 aromatic rings. The Kier molecular flexibility index (Phi) is 4.87. The number of hydrogen-bond acceptors (Lipinski definition) is 5. The number of carbonyl (C=O) groups is 3. The Morgan fingerprint density at radius 1 is 1.35 bits per heavy atom. The Bertz CT molecular complexity index is 493. The topological polar surface area (TPSA) is 93.7 Å². The predicted octanol–water partition coefficient (Wildman–Crippen LogP) is 1.50. The van der Waals surface area contributed by atoms with Gasteiger partial charge < -0.3 is 20.1 Å². The molecular weight excluding hydrogens is 300 g/mol. The quantitative estimate of drug-likeness (QED) is 0.764. The summed E-state index contributed by atoms with van der Waals surface area (Å²) in [5.41, 5.74) is -0.655. The van der Waals surface area contributed by atoms with Gasteiger partial charge in [-0.05, 0) is 52.9 Å². The van der Waals surface area contributed by atoms with Crippen LogP contribution in [-0.2, 0) is 19.1 Å². The molecule has 2 aliphatic rings. The molecule has 7 heteroatoms. The van der Waals surface area contributed by atoms with Gasteiger partial charge in [-0.15, -0.1) is 0 Å². The monoisotopic (exact) mass is 326 g/mol. The average Bonchev–Trinajstić information content (AvgIpc) is 3.17. The lowest BCUT2D eigenvalue weighted by Gasteiger charge is -2.31. The summed E-state index contributed by atoms with van der Waals surface area (Å²) in [7, 11) is 1.26. The maximum absolute atomic E-state index is 12.2. The van der Waals surface area contributed by atoms with Crippen molar-refractivity contribution in [3.05, 3.63) is 0 Å². The lowest BCUT2D eigenvalue weighted by atomic mass is 9.87. The highest BCUT2D eigenvalue weighted by molar-refractivity contribution is 5.84. The molecule has 2 fully saturated rings. The Labute approximate surface area is 136 Å². The molecule has 2 atom stereocenters. The van der Waals surface area contributed by atoms with Crippen LogP contribution < -0.4 is 10.6 Å². The van der Waals surface area contributed by atoms with E-state index in [1.54, 1.807) is 20.8 Å². The van der Waals surface area contributed by atoms with Crippen molar-refractivity contribution in [2.24, 2.45) is 5.92 Å². The van der Waals surface area contributed by atoms with Gasteiger partial charge in [0.2, 0.25) is 5.91 Å². The first-order valence-electron chi connectivity index (χ1n) is 8.03. The summed E-state index contributed by atoms with van der Waals surface area (Å²) in [4.78, 5) is 36.0. The first kappa shape index (κ1) is 17.6. The average molecular weight is 326 g/mol. The van der Waals surface area contributed by atoms with Gasteiger partial charge >= 0.3 is 12.1 Å². The van der Waals surface area contributed by atoms with Crippen LogP contribution in [0.3, 0.4) is 0 Å². The van der Waals surface area contributed by atoms with Gasteiger partial charge in [-0.2, -0.15) is 0 Å². The fourth-order valence-corrected chi connectivity index (χ4v) is 2.85. The lowest BCUT2D eigenvalue weighted by molar-refractivity contribution is -0.144. The number of carbonyl (C=O) groups excluding carboxylic acids is 3. The highest BCUT2D eigenvalue weighted by atomic mass is 16.6. The summed E-state index contributed by atoms with van der Waals surface area (Å²) in [5.74, 6) is -0.927. The second kappa shape index (κ2) is 6.37. The van der Waals surface area contributed by atoms with Crippen LogP contribution in [0.15, 0.2) is 0 Å². The molecule has 1 unspecified atom stereocenters. The van der Waals surface area contributed by atoms with Crippen molar-refractivity contribution in [1.29, 1.82) is 0 Å². The Hall–Kier alpha value is -1.79. The van der Waals surface area contributed by atoms with Gasteiger partial charge in [0.25, 0.3) is 0 Å². The van der Waals surface area contributed by atoms with Crippen molar-refractivity contribution >= 4 is 18.0 Å². The van der Waals surface area contributed by atoms with Gasteiger partial charge in [0.1, 0.15) is 11.6 Å². The molecule has 1 aliphatic heterocycles. The normalized spacial score (nSPS) is 23.7. The molecule has 0 radical (unpaired) electrons. The molecule has 2 rings (SSSR count). The molecule has 0 aromatic heterocycles. The summed E-state index contributed by atoms with van der Waals surface area (Å²) in [6.45, 7) is 5.22. The SMILES string of the molecule is COC(=O)[C@H](CC1CCC2(CC2)NC1=O)NC(=O)OC(C)(C)C. The summed E-state index contributed by atoms with van der Waals surface area (Å²) in [6.07, 6.45) is 3.22. The molecule has 7 nitrogen and oxygen atoms in total.